The van der Waals surface area contributed by atoms with Crippen LogP contribution in [-0.4, -0.2) is 10.8 Å². The summed E-state index contributed by atoms with van der Waals surface area (Å²) in [6.07, 6.45) is 5.41. The van der Waals surface area contributed by atoms with E-state index in [-0.39, 0.29) is 5.78 Å². The van der Waals surface area contributed by atoms with Crippen LogP contribution in [-0.2, 0) is 4.79 Å². The molecule has 0 aliphatic rings. The predicted octanol–water partition coefficient (Wildman–Crippen LogP) is 2.85. The molecule has 0 aliphatic heterocycles. The number of allylic oxidation sites excluding steroid dienone is 1. The van der Waals surface area contributed by atoms with E-state index in [4.69, 9.17) is 0 Å². The van der Waals surface area contributed by atoms with Crippen LogP contribution in [0.25, 0.3) is 6.08 Å². The van der Waals surface area contributed by atoms with E-state index in [0.717, 1.165) is 24.1 Å². The van der Waals surface area contributed by atoms with Gasteiger partial charge in [-0.1, -0.05) is 19.4 Å². The van der Waals surface area contributed by atoms with Crippen LogP contribution in [0, 0.1) is 0 Å². The first-order valence-electron chi connectivity index (χ1n) is 4.86. The van der Waals surface area contributed by atoms with E-state index in [0.29, 0.717) is 0 Å². The molecule has 2 nitrogen and oxygen atoms in total. The summed E-state index contributed by atoms with van der Waals surface area (Å²) in [5.74, 6) is 0.137. The Morgan fingerprint density at radius 2 is 2.29 bits per heavy atom. The molecule has 0 bridgehead atoms. The van der Waals surface area contributed by atoms with Crippen molar-refractivity contribution in [1.29, 1.82) is 0 Å². The highest BCUT2D eigenvalue weighted by molar-refractivity contribution is 5.97. The largest absolute Gasteiger partial charge is 0.295 e. The third-order valence-electron chi connectivity index (χ3n) is 1.98. The van der Waals surface area contributed by atoms with Gasteiger partial charge in [0.15, 0.2) is 5.78 Å². The topological polar surface area (TPSA) is 30.0 Å². The van der Waals surface area contributed by atoms with Crippen molar-refractivity contribution in [2.45, 2.75) is 26.7 Å². The SMILES string of the molecule is CCC/C(=C\c1ccccn1)C(C)=O. The van der Waals surface area contributed by atoms with Gasteiger partial charge >= 0.3 is 0 Å². The predicted molar refractivity (Wildman–Crippen MR) is 57.8 cm³/mol. The maximum Gasteiger partial charge on any atom is 0.155 e. The third-order valence-corrected chi connectivity index (χ3v) is 1.98. The second kappa shape index (κ2) is 5.32. The van der Waals surface area contributed by atoms with Crippen LogP contribution in [0.4, 0.5) is 0 Å². The highest BCUT2D eigenvalue weighted by atomic mass is 16.1. The van der Waals surface area contributed by atoms with Gasteiger partial charge in [-0.3, -0.25) is 9.78 Å². The summed E-state index contributed by atoms with van der Waals surface area (Å²) in [4.78, 5) is 15.4. The minimum absolute atomic E-state index is 0.137. The average molecular weight is 189 g/mol. The second-order valence-corrected chi connectivity index (χ2v) is 3.23. The van der Waals surface area contributed by atoms with Crippen LogP contribution >= 0.6 is 0 Å². The molecule has 0 atom stereocenters. The van der Waals surface area contributed by atoms with Crippen molar-refractivity contribution in [1.82, 2.24) is 4.98 Å². The van der Waals surface area contributed by atoms with Crippen molar-refractivity contribution in [3.8, 4) is 0 Å². The van der Waals surface area contributed by atoms with E-state index in [1.807, 2.05) is 24.3 Å². The van der Waals surface area contributed by atoms with Gasteiger partial charge in [-0.15, -0.1) is 0 Å². The molecule has 0 fully saturated rings. The van der Waals surface area contributed by atoms with Gasteiger partial charge in [0.25, 0.3) is 0 Å². The average Bonchev–Trinajstić information content (AvgIpc) is 2.18. The van der Waals surface area contributed by atoms with Gasteiger partial charge in [0, 0.05) is 6.20 Å². The molecule has 74 valence electrons. The molecule has 0 aliphatic carbocycles. The first kappa shape index (κ1) is 10.6. The Morgan fingerprint density at radius 3 is 2.79 bits per heavy atom. The lowest BCUT2D eigenvalue weighted by atomic mass is 10.1. The Bertz CT molecular complexity index is 327. The van der Waals surface area contributed by atoms with Crippen molar-refractivity contribution >= 4 is 11.9 Å². The summed E-state index contributed by atoms with van der Waals surface area (Å²) in [6.45, 7) is 3.67. The van der Waals surface area contributed by atoms with Gasteiger partial charge in [0.1, 0.15) is 0 Å². The minimum Gasteiger partial charge on any atom is -0.295 e. The van der Waals surface area contributed by atoms with Crippen molar-refractivity contribution in [2.24, 2.45) is 0 Å². The quantitative estimate of drug-likeness (QED) is 0.682. The Labute approximate surface area is 84.7 Å². The molecule has 14 heavy (non-hydrogen) atoms. The van der Waals surface area contributed by atoms with E-state index < -0.39 is 0 Å². The summed E-state index contributed by atoms with van der Waals surface area (Å²) >= 11 is 0. The molecule has 1 heterocycles. The van der Waals surface area contributed by atoms with E-state index in [1.165, 1.54) is 0 Å². The number of Topliss-reactive ketones (excluding diaryl/α,β-unsaturated/α-hetero) is 1. The number of ketones is 1. The third kappa shape index (κ3) is 3.13. The van der Waals surface area contributed by atoms with Gasteiger partial charge in [0.05, 0.1) is 5.69 Å². The lowest BCUT2D eigenvalue weighted by Crippen LogP contribution is -1.96. The molecule has 1 rings (SSSR count). The number of rotatable bonds is 4. The fourth-order valence-corrected chi connectivity index (χ4v) is 1.26. The molecule has 0 saturated heterocycles. The standard InChI is InChI=1S/C12H15NO/c1-3-6-11(10(2)14)9-12-7-4-5-8-13-12/h4-5,7-9H,3,6H2,1-2H3/b11-9+. The molecular weight excluding hydrogens is 174 g/mol. The number of carbonyl (C=O) groups is 1. The molecular formula is C12H15NO. The Hall–Kier alpha value is -1.44. The number of hydrogen-bond acceptors (Lipinski definition) is 2. The summed E-state index contributed by atoms with van der Waals surface area (Å²) < 4.78 is 0. The Balaban J connectivity index is 2.88. The lowest BCUT2D eigenvalue weighted by molar-refractivity contribution is -0.113. The molecule has 0 saturated carbocycles. The van der Waals surface area contributed by atoms with Crippen LogP contribution in [0.15, 0.2) is 30.0 Å². The zero-order valence-electron chi connectivity index (χ0n) is 8.66. The summed E-state index contributed by atoms with van der Waals surface area (Å²) in [6, 6.07) is 5.69. The molecule has 0 amide bonds. The minimum atomic E-state index is 0.137. The number of pyridine rings is 1. The maximum atomic E-state index is 11.2. The number of nitrogens with zero attached hydrogens (tertiary/aromatic N) is 1. The smallest absolute Gasteiger partial charge is 0.155 e. The van der Waals surface area contributed by atoms with Gasteiger partial charge in [-0.25, -0.2) is 0 Å². The monoisotopic (exact) mass is 189 g/mol. The van der Waals surface area contributed by atoms with Gasteiger partial charge in [0.2, 0.25) is 0 Å². The molecule has 1 aromatic heterocycles. The second-order valence-electron chi connectivity index (χ2n) is 3.23. The molecule has 1 aromatic rings. The number of carbonyl (C=O) groups excluding carboxylic acids is 1. The van der Waals surface area contributed by atoms with E-state index in [2.05, 4.69) is 11.9 Å². The zero-order chi connectivity index (χ0) is 10.4. The summed E-state index contributed by atoms with van der Waals surface area (Å²) in [7, 11) is 0. The summed E-state index contributed by atoms with van der Waals surface area (Å²) in [5.41, 5.74) is 1.71. The molecule has 2 heteroatoms. The molecule has 0 aromatic carbocycles. The Kier molecular flexibility index (Phi) is 4.05. The van der Waals surface area contributed by atoms with Crippen LogP contribution in [0.3, 0.4) is 0 Å². The van der Waals surface area contributed by atoms with Crippen LogP contribution < -0.4 is 0 Å². The zero-order valence-corrected chi connectivity index (χ0v) is 8.66. The van der Waals surface area contributed by atoms with Crippen molar-refractivity contribution in [3.05, 3.63) is 35.7 Å². The lowest BCUT2D eigenvalue weighted by Gasteiger charge is -2.00. The fourth-order valence-electron chi connectivity index (χ4n) is 1.26. The molecule has 0 N–H and O–H groups in total. The molecule has 0 spiro atoms. The van der Waals surface area contributed by atoms with Gasteiger partial charge < -0.3 is 0 Å². The summed E-state index contributed by atoms with van der Waals surface area (Å²) in [5, 5.41) is 0. The first-order valence-corrected chi connectivity index (χ1v) is 4.86. The first-order chi connectivity index (χ1) is 6.74. The van der Waals surface area contributed by atoms with Gasteiger partial charge in [-0.2, -0.15) is 0 Å². The highest BCUT2D eigenvalue weighted by Gasteiger charge is 2.02. The van der Waals surface area contributed by atoms with Crippen LogP contribution in [0.1, 0.15) is 32.4 Å². The normalized spacial score (nSPS) is 11.4. The van der Waals surface area contributed by atoms with Crippen molar-refractivity contribution < 1.29 is 4.79 Å². The van der Waals surface area contributed by atoms with Crippen molar-refractivity contribution in [2.75, 3.05) is 0 Å². The molecule has 0 unspecified atom stereocenters. The van der Waals surface area contributed by atoms with Crippen LogP contribution in [0.2, 0.25) is 0 Å². The maximum absolute atomic E-state index is 11.2. The van der Waals surface area contributed by atoms with E-state index in [9.17, 15) is 4.79 Å². The molecule has 0 radical (unpaired) electrons. The van der Waals surface area contributed by atoms with Gasteiger partial charge in [-0.05, 0) is 37.1 Å². The van der Waals surface area contributed by atoms with E-state index in [1.54, 1.807) is 13.1 Å². The van der Waals surface area contributed by atoms with Crippen molar-refractivity contribution in [3.63, 3.8) is 0 Å². The van der Waals surface area contributed by atoms with Crippen LogP contribution in [0.5, 0.6) is 0 Å². The van der Waals surface area contributed by atoms with E-state index >= 15 is 0 Å². The Morgan fingerprint density at radius 1 is 1.50 bits per heavy atom. The number of hydrogen-bond donors (Lipinski definition) is 0. The number of aromatic nitrogens is 1. The fraction of sp³-hybridized carbons (Fsp3) is 0.333. The highest BCUT2D eigenvalue weighted by Crippen LogP contribution is 2.10.